The van der Waals surface area contributed by atoms with Crippen LogP contribution in [0.25, 0.3) is 0 Å². The lowest BCUT2D eigenvalue weighted by atomic mass is 10.2. The molecule has 0 N–H and O–H groups in total. The molecular formula is C10H11NO3. The number of carbonyl (C=O) groups is 2. The molecule has 0 spiro atoms. The minimum atomic E-state index is 0.289. The second-order valence-electron chi connectivity index (χ2n) is 2.73. The monoisotopic (exact) mass is 193 g/mol. The van der Waals surface area contributed by atoms with E-state index in [0.29, 0.717) is 12.8 Å². The third-order valence-electron chi connectivity index (χ3n) is 1.79. The van der Waals surface area contributed by atoms with Gasteiger partial charge in [-0.3, -0.25) is 14.5 Å². The summed E-state index contributed by atoms with van der Waals surface area (Å²) < 4.78 is 4.97. The van der Waals surface area contributed by atoms with Crippen LogP contribution in [0, 0.1) is 0 Å². The fraction of sp³-hybridized carbons (Fsp3) is 0.200. The highest BCUT2D eigenvalue weighted by Gasteiger charge is 2.00. The van der Waals surface area contributed by atoms with Gasteiger partial charge in [-0.25, -0.2) is 0 Å². The van der Waals surface area contributed by atoms with Gasteiger partial charge in [0.1, 0.15) is 5.75 Å². The first-order chi connectivity index (χ1) is 6.80. The first-order valence-corrected chi connectivity index (χ1v) is 4.09. The van der Waals surface area contributed by atoms with Crippen LogP contribution in [0.4, 0.5) is 0 Å². The minimum absolute atomic E-state index is 0.289. The molecule has 0 saturated heterocycles. The van der Waals surface area contributed by atoms with E-state index >= 15 is 0 Å². The lowest BCUT2D eigenvalue weighted by Gasteiger charge is -2.08. The van der Waals surface area contributed by atoms with E-state index in [4.69, 9.17) is 4.74 Å². The van der Waals surface area contributed by atoms with Crippen molar-refractivity contribution in [1.29, 1.82) is 0 Å². The van der Waals surface area contributed by atoms with Crippen molar-refractivity contribution >= 4 is 12.8 Å². The maximum atomic E-state index is 10.3. The zero-order valence-corrected chi connectivity index (χ0v) is 7.84. The predicted octanol–water partition coefficient (Wildman–Crippen LogP) is 0.810. The van der Waals surface area contributed by atoms with Crippen molar-refractivity contribution in [2.45, 2.75) is 6.54 Å². The number of amides is 2. The minimum Gasteiger partial charge on any atom is -0.497 e. The highest BCUT2D eigenvalue weighted by atomic mass is 16.5. The summed E-state index contributed by atoms with van der Waals surface area (Å²) in [4.78, 5) is 21.7. The van der Waals surface area contributed by atoms with E-state index in [1.54, 1.807) is 31.4 Å². The summed E-state index contributed by atoms with van der Waals surface area (Å²) in [7, 11) is 1.58. The number of rotatable bonds is 5. The van der Waals surface area contributed by atoms with Crippen LogP contribution in [-0.2, 0) is 16.1 Å². The lowest BCUT2D eigenvalue weighted by molar-refractivity contribution is -0.129. The van der Waals surface area contributed by atoms with Crippen molar-refractivity contribution in [2.75, 3.05) is 7.11 Å². The summed E-state index contributed by atoms with van der Waals surface area (Å²) in [5.41, 5.74) is 0.880. The molecule has 1 aromatic carbocycles. The van der Waals surface area contributed by atoms with Gasteiger partial charge in [0.2, 0.25) is 12.8 Å². The van der Waals surface area contributed by atoms with E-state index in [1.807, 2.05) is 0 Å². The molecular weight excluding hydrogens is 182 g/mol. The van der Waals surface area contributed by atoms with Gasteiger partial charge < -0.3 is 4.74 Å². The van der Waals surface area contributed by atoms with E-state index < -0.39 is 0 Å². The van der Waals surface area contributed by atoms with Crippen LogP contribution in [0.2, 0.25) is 0 Å². The predicted molar refractivity (Wildman–Crippen MR) is 50.7 cm³/mol. The normalized spacial score (nSPS) is 9.21. The number of hydrogen-bond acceptors (Lipinski definition) is 3. The van der Waals surface area contributed by atoms with E-state index in [9.17, 15) is 9.59 Å². The Morgan fingerprint density at radius 1 is 1.21 bits per heavy atom. The fourth-order valence-electron chi connectivity index (χ4n) is 1.04. The number of benzene rings is 1. The molecule has 0 aliphatic rings. The van der Waals surface area contributed by atoms with Crippen molar-refractivity contribution in [2.24, 2.45) is 0 Å². The molecule has 0 heterocycles. The lowest BCUT2D eigenvalue weighted by Crippen LogP contribution is -2.18. The van der Waals surface area contributed by atoms with E-state index in [-0.39, 0.29) is 6.54 Å². The summed E-state index contributed by atoms with van der Waals surface area (Å²) >= 11 is 0. The highest BCUT2D eigenvalue weighted by molar-refractivity contribution is 5.68. The van der Waals surface area contributed by atoms with Crippen molar-refractivity contribution < 1.29 is 14.3 Å². The van der Waals surface area contributed by atoms with Gasteiger partial charge in [-0.15, -0.1) is 0 Å². The first kappa shape index (κ1) is 10.2. The Balaban J connectivity index is 2.67. The molecule has 74 valence electrons. The smallest absolute Gasteiger partial charge is 0.216 e. The zero-order valence-electron chi connectivity index (χ0n) is 7.84. The van der Waals surface area contributed by atoms with Crippen LogP contribution in [0.15, 0.2) is 24.3 Å². The Kier molecular flexibility index (Phi) is 3.67. The topological polar surface area (TPSA) is 46.6 Å². The maximum absolute atomic E-state index is 10.3. The second kappa shape index (κ2) is 5.01. The Labute approximate surface area is 82.1 Å². The Morgan fingerprint density at radius 3 is 2.21 bits per heavy atom. The number of imide groups is 1. The summed E-state index contributed by atoms with van der Waals surface area (Å²) in [6.07, 6.45) is 0.995. The molecule has 0 radical (unpaired) electrons. The maximum Gasteiger partial charge on any atom is 0.216 e. The first-order valence-electron chi connectivity index (χ1n) is 4.09. The molecule has 0 bridgehead atoms. The van der Waals surface area contributed by atoms with Crippen molar-refractivity contribution in [3.05, 3.63) is 29.8 Å². The van der Waals surface area contributed by atoms with Crippen LogP contribution in [0.5, 0.6) is 5.75 Å². The molecule has 1 aromatic rings. The third kappa shape index (κ3) is 2.58. The molecule has 0 aliphatic heterocycles. The van der Waals surface area contributed by atoms with Gasteiger partial charge in [-0.2, -0.15) is 0 Å². The van der Waals surface area contributed by atoms with Crippen LogP contribution in [-0.4, -0.2) is 24.8 Å². The van der Waals surface area contributed by atoms with Gasteiger partial charge in [0.15, 0.2) is 0 Å². The molecule has 2 amide bonds. The number of methoxy groups -OCH3 is 1. The molecule has 0 saturated carbocycles. The summed E-state index contributed by atoms with van der Waals surface area (Å²) in [5.74, 6) is 0.748. The molecule has 0 unspecified atom stereocenters. The van der Waals surface area contributed by atoms with Crippen molar-refractivity contribution in [1.82, 2.24) is 4.90 Å². The molecule has 4 nitrogen and oxygen atoms in total. The van der Waals surface area contributed by atoms with E-state index in [0.717, 1.165) is 16.2 Å². The van der Waals surface area contributed by atoms with Gasteiger partial charge in [-0.05, 0) is 17.7 Å². The molecule has 0 fully saturated rings. The number of nitrogens with zero attached hydrogens (tertiary/aromatic N) is 1. The largest absolute Gasteiger partial charge is 0.497 e. The number of hydrogen-bond donors (Lipinski definition) is 0. The average molecular weight is 193 g/mol. The van der Waals surface area contributed by atoms with E-state index in [2.05, 4.69) is 0 Å². The molecule has 0 aliphatic carbocycles. The fourth-order valence-corrected chi connectivity index (χ4v) is 1.04. The second-order valence-corrected chi connectivity index (χ2v) is 2.73. The summed E-state index contributed by atoms with van der Waals surface area (Å²) in [6.45, 7) is 0.289. The van der Waals surface area contributed by atoms with Gasteiger partial charge in [0.25, 0.3) is 0 Å². The number of carbonyl (C=O) groups excluding carboxylic acids is 2. The molecule has 4 heteroatoms. The zero-order chi connectivity index (χ0) is 10.4. The highest BCUT2D eigenvalue weighted by Crippen LogP contribution is 2.11. The number of ether oxygens (including phenoxy) is 1. The van der Waals surface area contributed by atoms with Crippen LogP contribution in [0.3, 0.4) is 0 Å². The van der Waals surface area contributed by atoms with Gasteiger partial charge >= 0.3 is 0 Å². The summed E-state index contributed by atoms with van der Waals surface area (Å²) in [5, 5.41) is 0. The quantitative estimate of drug-likeness (QED) is 0.650. The standard InChI is InChI=1S/C10H11NO3/c1-14-10-4-2-9(3-5-10)6-11(7-12)8-13/h2-5,7-8H,6H2,1H3. The molecule has 0 atom stereocenters. The van der Waals surface area contributed by atoms with Gasteiger partial charge in [0, 0.05) is 0 Å². The Morgan fingerprint density at radius 2 is 1.79 bits per heavy atom. The third-order valence-corrected chi connectivity index (χ3v) is 1.79. The summed E-state index contributed by atoms with van der Waals surface area (Å²) in [6, 6.07) is 7.17. The Bertz CT molecular complexity index is 300. The SMILES string of the molecule is COc1ccc(CN(C=O)C=O)cc1. The van der Waals surface area contributed by atoms with Crippen LogP contribution in [0.1, 0.15) is 5.56 Å². The Hall–Kier alpha value is -1.84. The molecule has 14 heavy (non-hydrogen) atoms. The van der Waals surface area contributed by atoms with Crippen molar-refractivity contribution in [3.63, 3.8) is 0 Å². The van der Waals surface area contributed by atoms with Crippen molar-refractivity contribution in [3.8, 4) is 5.75 Å². The molecule has 0 aromatic heterocycles. The van der Waals surface area contributed by atoms with Crippen LogP contribution < -0.4 is 4.74 Å². The average Bonchev–Trinajstić information content (AvgIpc) is 2.26. The van der Waals surface area contributed by atoms with Crippen LogP contribution >= 0.6 is 0 Å². The van der Waals surface area contributed by atoms with Gasteiger partial charge in [-0.1, -0.05) is 12.1 Å². The molecule has 1 rings (SSSR count). The van der Waals surface area contributed by atoms with Gasteiger partial charge in [0.05, 0.1) is 13.7 Å². The van der Waals surface area contributed by atoms with E-state index in [1.165, 1.54) is 0 Å².